The number of halogens is 3. The number of pyridine rings is 1. The lowest BCUT2D eigenvalue weighted by Gasteiger charge is -2.19. The molecule has 4 aromatic rings. The molecule has 2 amide bonds. The number of aromatic nitrogens is 1. The van der Waals surface area contributed by atoms with Gasteiger partial charge in [-0.3, -0.25) is 14.4 Å². The van der Waals surface area contributed by atoms with E-state index in [-0.39, 0.29) is 18.6 Å². The van der Waals surface area contributed by atoms with Crippen LogP contribution in [0.15, 0.2) is 88.3 Å². The van der Waals surface area contributed by atoms with Gasteiger partial charge in [0.25, 0.3) is 5.56 Å². The number of likely N-dealkylation sites (N-methyl/N-ethyl adjacent to an activating group) is 1. The Hall–Kier alpha value is -3.59. The van der Waals surface area contributed by atoms with Gasteiger partial charge in [-0.05, 0) is 55.0 Å². The lowest BCUT2D eigenvalue weighted by atomic mass is 10.2. The maximum Gasteiger partial charge on any atom is 0.313 e. The van der Waals surface area contributed by atoms with Crippen LogP contribution in [0.25, 0.3) is 0 Å². The van der Waals surface area contributed by atoms with Crippen molar-refractivity contribution in [2.24, 2.45) is 0 Å². The van der Waals surface area contributed by atoms with Crippen molar-refractivity contribution >= 4 is 56.6 Å². The zero-order valence-corrected chi connectivity index (χ0v) is 24.2. The second-order valence-corrected chi connectivity index (χ2v) is 10.6. The van der Waals surface area contributed by atoms with E-state index in [4.69, 9.17) is 27.9 Å². The van der Waals surface area contributed by atoms with Gasteiger partial charge >= 0.3 is 11.8 Å². The van der Waals surface area contributed by atoms with Gasteiger partial charge < -0.3 is 19.5 Å². The van der Waals surface area contributed by atoms with Gasteiger partial charge in [0.1, 0.15) is 11.5 Å². The normalized spacial score (nSPS) is 10.7. The predicted octanol–water partition coefficient (Wildman–Crippen LogP) is 6.66. The lowest BCUT2D eigenvalue weighted by Crippen LogP contribution is -2.37. The summed E-state index contributed by atoms with van der Waals surface area (Å²) < 4.78 is 8.27. The fourth-order valence-electron chi connectivity index (χ4n) is 3.74. The molecule has 0 spiro atoms. The number of nitrogens with one attached hydrogen (secondary N) is 1. The number of carbonyl (C=O) groups is 2. The second kappa shape index (κ2) is 12.5. The molecule has 1 aromatic heterocycles. The van der Waals surface area contributed by atoms with E-state index in [1.165, 1.54) is 34.8 Å². The van der Waals surface area contributed by atoms with E-state index >= 15 is 0 Å². The molecule has 0 radical (unpaired) electrons. The van der Waals surface area contributed by atoms with E-state index in [1.54, 1.807) is 18.2 Å². The summed E-state index contributed by atoms with van der Waals surface area (Å²) in [6.07, 6.45) is 1.47. The van der Waals surface area contributed by atoms with Gasteiger partial charge in [0.15, 0.2) is 0 Å². The number of carbonyl (C=O) groups excluding carboxylic acids is 2. The summed E-state index contributed by atoms with van der Waals surface area (Å²) in [6.45, 7) is 2.34. The van der Waals surface area contributed by atoms with Gasteiger partial charge in [-0.25, -0.2) is 0 Å². The summed E-state index contributed by atoms with van der Waals surface area (Å²) in [5.74, 6) is -0.373. The molecule has 0 saturated carbocycles. The molecule has 0 aliphatic rings. The van der Waals surface area contributed by atoms with E-state index in [0.717, 1.165) is 21.2 Å². The van der Waals surface area contributed by atoms with Crippen molar-refractivity contribution in [3.63, 3.8) is 0 Å². The Morgan fingerprint density at radius 1 is 0.974 bits per heavy atom. The predicted molar refractivity (Wildman–Crippen MR) is 157 cm³/mol. The highest BCUT2D eigenvalue weighted by molar-refractivity contribution is 9.10. The molecule has 200 valence electrons. The minimum absolute atomic E-state index is 0.136. The third-order valence-electron chi connectivity index (χ3n) is 5.80. The van der Waals surface area contributed by atoms with Crippen molar-refractivity contribution in [3.8, 4) is 11.5 Å². The first kappa shape index (κ1) is 28.4. The number of benzene rings is 3. The molecular formula is C29H24BrCl2N3O4. The van der Waals surface area contributed by atoms with Gasteiger partial charge in [0, 0.05) is 35.9 Å². The Balaban J connectivity index is 1.44. The molecule has 10 heteroatoms. The van der Waals surface area contributed by atoms with E-state index in [2.05, 4.69) is 21.2 Å². The number of aryl methyl sites for hydroxylation is 1. The van der Waals surface area contributed by atoms with Gasteiger partial charge in [0.2, 0.25) is 0 Å². The summed E-state index contributed by atoms with van der Waals surface area (Å²) in [5.41, 5.74) is 2.60. The molecule has 0 fully saturated rings. The average Bonchev–Trinajstić information content (AvgIpc) is 2.90. The Bertz CT molecular complexity index is 1590. The van der Waals surface area contributed by atoms with Crippen LogP contribution in [0.5, 0.6) is 11.5 Å². The fourth-order valence-corrected chi connectivity index (χ4v) is 4.40. The largest absolute Gasteiger partial charge is 0.457 e. The smallest absolute Gasteiger partial charge is 0.313 e. The molecule has 1 N–H and O–H groups in total. The average molecular weight is 629 g/mol. The van der Waals surface area contributed by atoms with E-state index in [1.807, 2.05) is 49.4 Å². The number of hydrogen-bond donors (Lipinski definition) is 1. The molecule has 0 aliphatic heterocycles. The van der Waals surface area contributed by atoms with Crippen LogP contribution >= 0.6 is 39.1 Å². The van der Waals surface area contributed by atoms with Crippen molar-refractivity contribution in [2.45, 2.75) is 20.0 Å². The van der Waals surface area contributed by atoms with E-state index in [9.17, 15) is 14.4 Å². The number of rotatable bonds is 7. The van der Waals surface area contributed by atoms with Gasteiger partial charge in [-0.2, -0.15) is 0 Å². The lowest BCUT2D eigenvalue weighted by molar-refractivity contribution is -0.142. The number of anilines is 1. The highest BCUT2D eigenvalue weighted by Crippen LogP contribution is 2.30. The highest BCUT2D eigenvalue weighted by Gasteiger charge is 2.21. The zero-order valence-electron chi connectivity index (χ0n) is 21.1. The van der Waals surface area contributed by atoms with Crippen LogP contribution in [0.1, 0.15) is 16.7 Å². The number of hydrogen-bond acceptors (Lipinski definition) is 4. The third-order valence-corrected chi connectivity index (χ3v) is 7.04. The van der Waals surface area contributed by atoms with Crippen molar-refractivity contribution in [1.29, 1.82) is 0 Å². The maximum absolute atomic E-state index is 12.9. The molecule has 0 atom stereocenters. The Labute approximate surface area is 244 Å². The summed E-state index contributed by atoms with van der Waals surface area (Å²) in [4.78, 5) is 39.3. The van der Waals surface area contributed by atoms with Crippen LogP contribution in [0.2, 0.25) is 10.0 Å². The quantitative estimate of drug-likeness (QED) is 0.232. The Morgan fingerprint density at radius 2 is 1.72 bits per heavy atom. The topological polar surface area (TPSA) is 80.6 Å². The molecule has 39 heavy (non-hydrogen) atoms. The molecule has 4 rings (SSSR count). The highest BCUT2D eigenvalue weighted by atomic mass is 79.9. The molecule has 3 aromatic carbocycles. The molecule has 0 saturated heterocycles. The van der Waals surface area contributed by atoms with Crippen LogP contribution in [-0.4, -0.2) is 28.3 Å². The monoisotopic (exact) mass is 627 g/mol. The molecule has 7 nitrogen and oxygen atoms in total. The number of ether oxygens (including phenoxy) is 1. The van der Waals surface area contributed by atoms with Crippen molar-refractivity contribution < 1.29 is 14.3 Å². The third kappa shape index (κ3) is 7.50. The van der Waals surface area contributed by atoms with E-state index < -0.39 is 11.8 Å². The summed E-state index contributed by atoms with van der Waals surface area (Å²) >= 11 is 15.5. The van der Waals surface area contributed by atoms with Crippen LogP contribution in [-0.2, 0) is 22.7 Å². The SMILES string of the molecule is Cc1ccc(Oc2cc(Br)ccc2CN(C)C(=O)C(=O)Nc2ccc(=O)n(Cc3ccc(Cl)c(Cl)c3)c2)cc1. The first-order valence-electron chi connectivity index (χ1n) is 11.8. The first-order valence-corrected chi connectivity index (χ1v) is 13.4. The van der Waals surface area contributed by atoms with Crippen LogP contribution in [0.4, 0.5) is 5.69 Å². The van der Waals surface area contributed by atoms with Crippen molar-refractivity contribution in [2.75, 3.05) is 12.4 Å². The minimum Gasteiger partial charge on any atom is -0.457 e. The van der Waals surface area contributed by atoms with Crippen molar-refractivity contribution in [3.05, 3.63) is 121 Å². The first-order chi connectivity index (χ1) is 18.6. The van der Waals surface area contributed by atoms with Crippen LogP contribution in [0.3, 0.4) is 0 Å². The van der Waals surface area contributed by atoms with Gasteiger partial charge in [-0.15, -0.1) is 0 Å². The zero-order chi connectivity index (χ0) is 28.1. The van der Waals surface area contributed by atoms with Crippen LogP contribution in [0, 0.1) is 6.92 Å². The molecule has 0 unspecified atom stereocenters. The standard InChI is InChI=1S/C29H24BrCl2N3O4/c1-18-3-9-23(10-4-18)39-26-14-21(30)7-6-20(26)16-34(2)29(38)28(37)33-22-8-12-27(36)35(17-22)15-19-5-11-24(31)25(32)13-19/h3-14,17H,15-16H2,1-2H3,(H,33,37). The Kier molecular flexibility index (Phi) is 9.12. The molecular weight excluding hydrogens is 605 g/mol. The van der Waals surface area contributed by atoms with Gasteiger partial charge in [0.05, 0.1) is 22.3 Å². The minimum atomic E-state index is -0.838. The Morgan fingerprint density at radius 3 is 2.44 bits per heavy atom. The summed E-state index contributed by atoms with van der Waals surface area (Å²) in [6, 6.07) is 20.9. The van der Waals surface area contributed by atoms with Crippen molar-refractivity contribution in [1.82, 2.24) is 9.47 Å². The number of nitrogens with zero attached hydrogens (tertiary/aromatic N) is 2. The van der Waals surface area contributed by atoms with E-state index in [0.29, 0.717) is 27.2 Å². The molecule has 0 aliphatic carbocycles. The molecule has 1 heterocycles. The number of amides is 2. The molecule has 0 bridgehead atoms. The van der Waals surface area contributed by atoms with Gasteiger partial charge in [-0.1, -0.05) is 69.0 Å². The second-order valence-electron chi connectivity index (χ2n) is 8.91. The summed E-state index contributed by atoms with van der Waals surface area (Å²) in [7, 11) is 1.53. The summed E-state index contributed by atoms with van der Waals surface area (Å²) in [5, 5.41) is 3.36. The maximum atomic E-state index is 12.9. The fraction of sp³-hybridized carbons (Fsp3) is 0.138. The van der Waals surface area contributed by atoms with Crippen LogP contribution < -0.4 is 15.6 Å².